The van der Waals surface area contributed by atoms with Gasteiger partial charge in [0.15, 0.2) is 5.82 Å². The smallest absolute Gasteiger partial charge is 0.323 e. The summed E-state index contributed by atoms with van der Waals surface area (Å²) in [5.74, 6) is 1.34. The Bertz CT molecular complexity index is 370. The van der Waals surface area contributed by atoms with E-state index in [1.165, 1.54) is 6.42 Å². The maximum absolute atomic E-state index is 11.9. The van der Waals surface area contributed by atoms with Crippen molar-refractivity contribution in [2.75, 3.05) is 18.4 Å². The predicted octanol–water partition coefficient (Wildman–Crippen LogP) is 2.64. The first-order chi connectivity index (χ1) is 8.29. The summed E-state index contributed by atoms with van der Waals surface area (Å²) in [5, 5.41) is 6.61. The number of anilines is 1. The van der Waals surface area contributed by atoms with Gasteiger partial charge in [0, 0.05) is 25.6 Å². The predicted molar refractivity (Wildman–Crippen MR) is 64.9 cm³/mol. The number of amides is 2. The molecule has 0 atom stereocenters. The lowest BCUT2D eigenvalue weighted by Gasteiger charge is -2.26. The monoisotopic (exact) mass is 237 g/mol. The van der Waals surface area contributed by atoms with E-state index < -0.39 is 0 Å². The van der Waals surface area contributed by atoms with Gasteiger partial charge < -0.3 is 9.42 Å². The Balaban J connectivity index is 1.88. The summed E-state index contributed by atoms with van der Waals surface area (Å²) >= 11 is 0. The quantitative estimate of drug-likeness (QED) is 0.879. The molecule has 0 unspecified atom stereocenters. The summed E-state index contributed by atoms with van der Waals surface area (Å²) in [7, 11) is 0. The fraction of sp³-hybridized carbons (Fsp3) is 0.667. The number of aryl methyl sites for hydroxylation is 1. The maximum Gasteiger partial charge on any atom is 0.323 e. The van der Waals surface area contributed by atoms with E-state index in [-0.39, 0.29) is 6.03 Å². The van der Waals surface area contributed by atoms with Gasteiger partial charge in [0.1, 0.15) is 5.76 Å². The molecule has 0 saturated carbocycles. The van der Waals surface area contributed by atoms with Crippen LogP contribution in [0.25, 0.3) is 0 Å². The zero-order valence-electron chi connectivity index (χ0n) is 10.2. The minimum Gasteiger partial charge on any atom is -0.359 e. The van der Waals surface area contributed by atoms with Crippen LogP contribution in [0.15, 0.2) is 10.6 Å². The van der Waals surface area contributed by atoms with Crippen molar-refractivity contribution < 1.29 is 9.32 Å². The molecule has 5 heteroatoms. The third kappa shape index (κ3) is 3.22. The van der Waals surface area contributed by atoms with Crippen LogP contribution in [0.4, 0.5) is 10.6 Å². The number of carbonyl (C=O) groups is 1. The van der Waals surface area contributed by atoms with Crippen molar-refractivity contribution in [3.63, 3.8) is 0 Å². The van der Waals surface area contributed by atoms with Gasteiger partial charge in [0.05, 0.1) is 0 Å². The van der Waals surface area contributed by atoms with Crippen molar-refractivity contribution in [1.29, 1.82) is 0 Å². The number of carbonyl (C=O) groups excluding carboxylic acids is 1. The number of aromatic nitrogens is 1. The molecule has 2 rings (SSSR count). The molecule has 0 spiro atoms. The summed E-state index contributed by atoms with van der Waals surface area (Å²) in [6.07, 6.45) is 5.26. The first-order valence-corrected chi connectivity index (χ1v) is 6.31. The van der Waals surface area contributed by atoms with Crippen LogP contribution in [0, 0.1) is 0 Å². The van der Waals surface area contributed by atoms with E-state index in [0.717, 1.165) is 44.5 Å². The lowest BCUT2D eigenvalue weighted by Crippen LogP contribution is -2.38. The SMILES string of the molecule is CCCc1cc(NC(=O)N2CCCCC2)no1. The van der Waals surface area contributed by atoms with Gasteiger partial charge in [-0.05, 0) is 25.7 Å². The molecule has 1 aliphatic rings. The number of urea groups is 1. The zero-order chi connectivity index (χ0) is 12.1. The Morgan fingerprint density at radius 3 is 2.94 bits per heavy atom. The topological polar surface area (TPSA) is 58.4 Å². The summed E-state index contributed by atoms with van der Waals surface area (Å²) < 4.78 is 5.11. The molecule has 17 heavy (non-hydrogen) atoms. The van der Waals surface area contributed by atoms with Crippen LogP contribution in [-0.4, -0.2) is 29.2 Å². The van der Waals surface area contributed by atoms with Crippen molar-refractivity contribution >= 4 is 11.8 Å². The fourth-order valence-electron chi connectivity index (χ4n) is 2.02. The summed E-state index contributed by atoms with van der Waals surface area (Å²) in [6, 6.07) is 1.73. The van der Waals surface area contributed by atoms with Gasteiger partial charge in [-0.3, -0.25) is 5.32 Å². The van der Waals surface area contributed by atoms with Crippen LogP contribution < -0.4 is 5.32 Å². The van der Waals surface area contributed by atoms with E-state index in [1.807, 2.05) is 4.90 Å². The van der Waals surface area contributed by atoms with Crippen LogP contribution in [-0.2, 0) is 6.42 Å². The molecule has 2 amide bonds. The number of piperidine rings is 1. The average Bonchev–Trinajstić information content (AvgIpc) is 2.78. The van der Waals surface area contributed by atoms with E-state index in [4.69, 9.17) is 4.52 Å². The van der Waals surface area contributed by atoms with Gasteiger partial charge in [-0.2, -0.15) is 0 Å². The minimum atomic E-state index is -0.0685. The first-order valence-electron chi connectivity index (χ1n) is 6.31. The van der Waals surface area contributed by atoms with Crippen LogP contribution >= 0.6 is 0 Å². The van der Waals surface area contributed by atoms with Crippen molar-refractivity contribution in [3.8, 4) is 0 Å². The van der Waals surface area contributed by atoms with Gasteiger partial charge in [-0.25, -0.2) is 4.79 Å². The molecule has 0 aromatic carbocycles. The normalized spacial score (nSPS) is 15.9. The third-order valence-corrected chi connectivity index (χ3v) is 2.93. The molecule has 1 aromatic heterocycles. The standard InChI is InChI=1S/C12H19N3O2/c1-2-6-10-9-11(14-17-10)13-12(16)15-7-4-3-5-8-15/h9H,2-8H2,1H3,(H,13,14,16). The zero-order valence-corrected chi connectivity index (χ0v) is 10.2. The van der Waals surface area contributed by atoms with Gasteiger partial charge in [0.25, 0.3) is 0 Å². The molecule has 2 heterocycles. The van der Waals surface area contributed by atoms with Crippen molar-refractivity contribution in [3.05, 3.63) is 11.8 Å². The number of nitrogens with one attached hydrogen (secondary N) is 1. The van der Waals surface area contributed by atoms with E-state index in [2.05, 4.69) is 17.4 Å². The summed E-state index contributed by atoms with van der Waals surface area (Å²) in [4.78, 5) is 13.7. The van der Waals surface area contributed by atoms with Gasteiger partial charge in [-0.1, -0.05) is 12.1 Å². The molecule has 0 radical (unpaired) electrons. The van der Waals surface area contributed by atoms with E-state index >= 15 is 0 Å². The molecule has 94 valence electrons. The lowest BCUT2D eigenvalue weighted by molar-refractivity contribution is 0.200. The first kappa shape index (κ1) is 12.0. The molecule has 1 fully saturated rings. The second-order valence-corrected chi connectivity index (χ2v) is 4.41. The van der Waals surface area contributed by atoms with Gasteiger partial charge in [0.2, 0.25) is 0 Å². The molecule has 1 aromatic rings. The van der Waals surface area contributed by atoms with E-state index in [9.17, 15) is 4.79 Å². The molecule has 1 N–H and O–H groups in total. The van der Waals surface area contributed by atoms with Crippen molar-refractivity contribution in [2.24, 2.45) is 0 Å². The maximum atomic E-state index is 11.9. The number of nitrogens with zero attached hydrogens (tertiary/aromatic N) is 2. The summed E-state index contributed by atoms with van der Waals surface area (Å²) in [6.45, 7) is 3.76. The number of likely N-dealkylation sites (tertiary alicyclic amines) is 1. The van der Waals surface area contributed by atoms with E-state index in [0.29, 0.717) is 5.82 Å². The molecule has 1 saturated heterocycles. The van der Waals surface area contributed by atoms with Gasteiger partial charge in [-0.15, -0.1) is 0 Å². The fourth-order valence-corrected chi connectivity index (χ4v) is 2.02. The number of hydrogen-bond acceptors (Lipinski definition) is 3. The van der Waals surface area contributed by atoms with Crippen molar-refractivity contribution in [1.82, 2.24) is 10.1 Å². The molecule has 5 nitrogen and oxygen atoms in total. The molecular weight excluding hydrogens is 218 g/mol. The minimum absolute atomic E-state index is 0.0685. The Morgan fingerprint density at radius 1 is 1.47 bits per heavy atom. The van der Waals surface area contributed by atoms with Crippen LogP contribution in [0.3, 0.4) is 0 Å². The Morgan fingerprint density at radius 2 is 2.24 bits per heavy atom. The molecule has 0 bridgehead atoms. The van der Waals surface area contributed by atoms with Crippen LogP contribution in [0.2, 0.25) is 0 Å². The number of hydrogen-bond donors (Lipinski definition) is 1. The largest absolute Gasteiger partial charge is 0.359 e. The summed E-state index contributed by atoms with van der Waals surface area (Å²) in [5.41, 5.74) is 0. The Labute approximate surface area is 101 Å². The second-order valence-electron chi connectivity index (χ2n) is 4.41. The molecule has 1 aliphatic heterocycles. The highest BCUT2D eigenvalue weighted by atomic mass is 16.5. The van der Waals surface area contributed by atoms with E-state index in [1.54, 1.807) is 6.07 Å². The molecule has 0 aliphatic carbocycles. The van der Waals surface area contributed by atoms with Gasteiger partial charge >= 0.3 is 6.03 Å². The highest BCUT2D eigenvalue weighted by Crippen LogP contribution is 2.13. The Hall–Kier alpha value is -1.52. The number of rotatable bonds is 3. The molecular formula is C12H19N3O2. The second kappa shape index (κ2) is 5.70. The van der Waals surface area contributed by atoms with Crippen LogP contribution in [0.5, 0.6) is 0 Å². The highest BCUT2D eigenvalue weighted by molar-refractivity contribution is 5.88. The lowest BCUT2D eigenvalue weighted by atomic mass is 10.1. The highest BCUT2D eigenvalue weighted by Gasteiger charge is 2.17. The van der Waals surface area contributed by atoms with Crippen molar-refractivity contribution in [2.45, 2.75) is 39.0 Å². The third-order valence-electron chi connectivity index (χ3n) is 2.93. The van der Waals surface area contributed by atoms with Crippen LogP contribution in [0.1, 0.15) is 38.4 Å². The Kier molecular flexibility index (Phi) is 4.01. The average molecular weight is 237 g/mol.